The van der Waals surface area contributed by atoms with Crippen LogP contribution in [0.4, 0.5) is 5.69 Å². The van der Waals surface area contributed by atoms with Gasteiger partial charge in [0, 0.05) is 22.2 Å². The number of halogens is 1. The van der Waals surface area contributed by atoms with E-state index < -0.39 is 18.2 Å². The smallest absolute Gasteiger partial charge is 0.308 e. The number of esters is 1. The minimum Gasteiger partial charge on any atom is -0.497 e. The van der Waals surface area contributed by atoms with Crippen LogP contribution in [0.2, 0.25) is 5.02 Å². The Balaban J connectivity index is 1.88. The standard InChI is InChI=1S/C30H32ClNO7/c1-6-38-28(33)16-27-30(34)32(17-19-10-12-21(35-3)15-26(19)37-5)24-13-11-20(31)14-23(24)29(39-27)22-8-7-9-25(36-4)18(22)2/h7-15,27,29H,6,16-17H2,1-5H3/t27-,29-/m1/s1. The molecule has 206 valence electrons. The Kier molecular flexibility index (Phi) is 8.99. The van der Waals surface area contributed by atoms with Gasteiger partial charge >= 0.3 is 5.97 Å². The van der Waals surface area contributed by atoms with Crippen molar-refractivity contribution in [3.05, 3.63) is 81.9 Å². The second kappa shape index (κ2) is 12.4. The molecule has 1 heterocycles. The van der Waals surface area contributed by atoms with Crippen LogP contribution in [0.15, 0.2) is 54.6 Å². The molecule has 8 nitrogen and oxygen atoms in total. The van der Waals surface area contributed by atoms with E-state index >= 15 is 0 Å². The monoisotopic (exact) mass is 553 g/mol. The molecule has 0 fully saturated rings. The summed E-state index contributed by atoms with van der Waals surface area (Å²) in [7, 11) is 4.73. The van der Waals surface area contributed by atoms with Gasteiger partial charge in [-0.1, -0.05) is 23.7 Å². The van der Waals surface area contributed by atoms with Gasteiger partial charge in [-0.2, -0.15) is 0 Å². The Morgan fingerprint density at radius 1 is 0.974 bits per heavy atom. The Morgan fingerprint density at radius 3 is 2.44 bits per heavy atom. The normalized spacial score (nSPS) is 16.8. The molecule has 2 atom stereocenters. The van der Waals surface area contributed by atoms with Crippen LogP contribution in [0.5, 0.6) is 17.2 Å². The Hall–Kier alpha value is -3.75. The fourth-order valence-electron chi connectivity index (χ4n) is 4.77. The summed E-state index contributed by atoms with van der Waals surface area (Å²) in [5.74, 6) is 0.958. The lowest BCUT2D eigenvalue weighted by Crippen LogP contribution is -2.40. The summed E-state index contributed by atoms with van der Waals surface area (Å²) in [6.45, 7) is 4.00. The average Bonchev–Trinajstić information content (AvgIpc) is 3.04. The van der Waals surface area contributed by atoms with Crippen LogP contribution in [-0.2, 0) is 25.6 Å². The summed E-state index contributed by atoms with van der Waals surface area (Å²) in [5, 5.41) is 0.487. The van der Waals surface area contributed by atoms with Crippen LogP contribution in [0.1, 0.15) is 41.7 Å². The molecule has 0 saturated heterocycles. The molecule has 1 aliphatic rings. The highest BCUT2D eigenvalue weighted by atomic mass is 35.5. The number of hydrogen-bond donors (Lipinski definition) is 0. The predicted molar refractivity (Wildman–Crippen MR) is 148 cm³/mol. The topological polar surface area (TPSA) is 83.5 Å². The van der Waals surface area contributed by atoms with Crippen molar-refractivity contribution in [2.75, 3.05) is 32.8 Å². The van der Waals surface area contributed by atoms with Crippen molar-refractivity contribution >= 4 is 29.2 Å². The molecular weight excluding hydrogens is 522 g/mol. The van der Waals surface area contributed by atoms with E-state index in [9.17, 15) is 9.59 Å². The SMILES string of the molecule is CCOC(=O)C[C@H]1O[C@H](c2cccc(OC)c2C)c2cc(Cl)ccc2N(Cc2ccc(OC)cc2OC)C1=O. The summed E-state index contributed by atoms with van der Waals surface area (Å²) >= 11 is 6.48. The number of amides is 1. The number of ether oxygens (including phenoxy) is 5. The second-order valence-corrected chi connectivity index (χ2v) is 9.43. The second-order valence-electron chi connectivity index (χ2n) is 8.99. The van der Waals surface area contributed by atoms with E-state index in [-0.39, 0.29) is 25.5 Å². The van der Waals surface area contributed by atoms with Crippen LogP contribution in [0.25, 0.3) is 0 Å². The van der Waals surface area contributed by atoms with E-state index in [1.54, 1.807) is 63.5 Å². The maximum absolute atomic E-state index is 14.1. The molecule has 0 aromatic heterocycles. The van der Waals surface area contributed by atoms with E-state index in [1.165, 1.54) is 0 Å². The first-order chi connectivity index (χ1) is 18.8. The molecule has 3 aromatic carbocycles. The van der Waals surface area contributed by atoms with Gasteiger partial charge in [-0.3, -0.25) is 9.59 Å². The fraction of sp³-hybridized carbons (Fsp3) is 0.333. The third-order valence-electron chi connectivity index (χ3n) is 6.71. The minimum absolute atomic E-state index is 0.160. The molecule has 0 radical (unpaired) electrons. The third-order valence-corrected chi connectivity index (χ3v) is 6.95. The first-order valence-electron chi connectivity index (χ1n) is 12.6. The lowest BCUT2D eigenvalue weighted by molar-refractivity contribution is -0.151. The fourth-order valence-corrected chi connectivity index (χ4v) is 4.95. The zero-order valence-corrected chi connectivity index (χ0v) is 23.4. The van der Waals surface area contributed by atoms with Gasteiger partial charge in [0.05, 0.1) is 46.6 Å². The Morgan fingerprint density at radius 2 is 1.74 bits per heavy atom. The summed E-state index contributed by atoms with van der Waals surface area (Å²) in [5.41, 5.74) is 3.69. The number of hydrogen-bond acceptors (Lipinski definition) is 7. The highest BCUT2D eigenvalue weighted by Gasteiger charge is 2.39. The first kappa shape index (κ1) is 28.3. The van der Waals surface area contributed by atoms with E-state index in [2.05, 4.69) is 0 Å². The summed E-state index contributed by atoms with van der Waals surface area (Å²) in [6.07, 6.45) is -2.07. The highest BCUT2D eigenvalue weighted by molar-refractivity contribution is 6.30. The zero-order chi connectivity index (χ0) is 28.1. The largest absolute Gasteiger partial charge is 0.497 e. The van der Waals surface area contributed by atoms with E-state index in [0.29, 0.717) is 33.5 Å². The van der Waals surface area contributed by atoms with Crippen LogP contribution < -0.4 is 19.1 Å². The molecule has 1 aliphatic heterocycles. The summed E-state index contributed by atoms with van der Waals surface area (Å²) in [4.78, 5) is 28.3. The molecule has 0 aliphatic carbocycles. The predicted octanol–water partition coefficient (Wildman–Crippen LogP) is 5.65. The molecular formula is C30H32ClNO7. The van der Waals surface area contributed by atoms with Crippen molar-refractivity contribution in [3.8, 4) is 17.2 Å². The number of carbonyl (C=O) groups is 2. The minimum atomic E-state index is -1.12. The number of benzene rings is 3. The Bertz CT molecular complexity index is 1360. The number of fused-ring (bicyclic) bond motifs is 1. The molecule has 4 rings (SSSR count). The van der Waals surface area contributed by atoms with Crippen LogP contribution >= 0.6 is 11.6 Å². The van der Waals surface area contributed by atoms with Gasteiger partial charge < -0.3 is 28.6 Å². The maximum atomic E-state index is 14.1. The van der Waals surface area contributed by atoms with Gasteiger partial charge in [-0.15, -0.1) is 0 Å². The molecule has 0 N–H and O–H groups in total. The van der Waals surface area contributed by atoms with Crippen LogP contribution in [-0.4, -0.2) is 45.9 Å². The third kappa shape index (κ3) is 5.97. The molecule has 0 unspecified atom stereocenters. The van der Waals surface area contributed by atoms with Gasteiger partial charge in [0.25, 0.3) is 5.91 Å². The molecule has 3 aromatic rings. The van der Waals surface area contributed by atoms with Crippen molar-refractivity contribution in [1.82, 2.24) is 0 Å². The van der Waals surface area contributed by atoms with Gasteiger partial charge in [0.15, 0.2) is 0 Å². The van der Waals surface area contributed by atoms with Crippen LogP contribution in [0, 0.1) is 6.92 Å². The van der Waals surface area contributed by atoms with Crippen molar-refractivity contribution in [2.24, 2.45) is 0 Å². The van der Waals surface area contributed by atoms with E-state index in [1.807, 2.05) is 31.2 Å². The lowest BCUT2D eigenvalue weighted by Gasteiger charge is -2.26. The Labute approximate surface area is 233 Å². The molecule has 0 saturated carbocycles. The first-order valence-corrected chi connectivity index (χ1v) is 12.9. The van der Waals surface area contributed by atoms with Gasteiger partial charge in [0.1, 0.15) is 29.5 Å². The van der Waals surface area contributed by atoms with E-state index in [0.717, 1.165) is 16.7 Å². The molecule has 9 heteroatoms. The number of rotatable bonds is 9. The molecule has 0 spiro atoms. The number of carbonyl (C=O) groups excluding carboxylic acids is 2. The zero-order valence-electron chi connectivity index (χ0n) is 22.7. The van der Waals surface area contributed by atoms with Crippen molar-refractivity contribution in [1.29, 1.82) is 0 Å². The van der Waals surface area contributed by atoms with Gasteiger partial charge in [0.2, 0.25) is 0 Å². The maximum Gasteiger partial charge on any atom is 0.308 e. The number of anilines is 1. The van der Waals surface area contributed by atoms with Crippen LogP contribution in [0.3, 0.4) is 0 Å². The summed E-state index contributed by atoms with van der Waals surface area (Å²) < 4.78 is 28.2. The van der Waals surface area contributed by atoms with Gasteiger partial charge in [-0.05, 0) is 61.4 Å². The van der Waals surface area contributed by atoms with Crippen molar-refractivity contribution in [3.63, 3.8) is 0 Å². The average molecular weight is 554 g/mol. The number of methoxy groups -OCH3 is 3. The van der Waals surface area contributed by atoms with Crippen molar-refractivity contribution < 1.29 is 33.3 Å². The quantitative estimate of drug-likeness (QED) is 0.317. The van der Waals surface area contributed by atoms with E-state index in [4.69, 9.17) is 35.3 Å². The molecule has 39 heavy (non-hydrogen) atoms. The van der Waals surface area contributed by atoms with Crippen molar-refractivity contribution in [2.45, 2.75) is 39.0 Å². The number of nitrogens with zero attached hydrogens (tertiary/aromatic N) is 1. The lowest BCUT2D eigenvalue weighted by atomic mass is 9.95. The van der Waals surface area contributed by atoms with Gasteiger partial charge in [-0.25, -0.2) is 0 Å². The summed E-state index contributed by atoms with van der Waals surface area (Å²) in [6, 6.07) is 16.4. The molecule has 1 amide bonds. The molecule has 0 bridgehead atoms. The highest BCUT2D eigenvalue weighted by Crippen LogP contribution is 2.43.